The van der Waals surface area contributed by atoms with E-state index in [1.54, 1.807) is 18.2 Å². The molecule has 1 atom stereocenters. The molecule has 0 saturated carbocycles. The lowest BCUT2D eigenvalue weighted by Crippen LogP contribution is -2.53. The highest BCUT2D eigenvalue weighted by Gasteiger charge is 2.32. The van der Waals surface area contributed by atoms with E-state index in [0.717, 1.165) is 38.1 Å². The molecule has 0 spiro atoms. The molecule has 0 heterocycles. The molecule has 0 aliphatic rings. The summed E-state index contributed by atoms with van der Waals surface area (Å²) in [5.41, 5.74) is 3.00. The number of aryl methyl sites for hydroxylation is 1. The first-order chi connectivity index (χ1) is 18.1. The van der Waals surface area contributed by atoms with Crippen molar-refractivity contribution >= 4 is 43.5 Å². The number of hydrogen-bond acceptors (Lipinski definition) is 4. The summed E-state index contributed by atoms with van der Waals surface area (Å²) >= 11 is 3.43. The molecular weight excluding hydrogens is 566 g/mol. The van der Waals surface area contributed by atoms with Crippen molar-refractivity contribution in [2.45, 2.75) is 39.3 Å². The van der Waals surface area contributed by atoms with Gasteiger partial charge >= 0.3 is 0 Å². The summed E-state index contributed by atoms with van der Waals surface area (Å²) < 4.78 is 27.6. The van der Waals surface area contributed by atoms with Crippen molar-refractivity contribution in [1.82, 2.24) is 10.2 Å². The van der Waals surface area contributed by atoms with Crippen molar-refractivity contribution in [1.29, 1.82) is 0 Å². The van der Waals surface area contributed by atoms with Crippen molar-refractivity contribution in [3.63, 3.8) is 0 Å². The highest BCUT2D eigenvalue weighted by Crippen LogP contribution is 2.22. The van der Waals surface area contributed by atoms with E-state index in [1.165, 1.54) is 4.90 Å². The third-order valence-corrected chi connectivity index (χ3v) is 7.72. The second kappa shape index (κ2) is 13.6. The molecule has 0 fully saturated rings. The Morgan fingerprint density at radius 1 is 0.947 bits per heavy atom. The zero-order chi connectivity index (χ0) is 27.7. The van der Waals surface area contributed by atoms with Crippen LogP contribution in [0.15, 0.2) is 83.3 Å². The molecule has 0 bridgehead atoms. The van der Waals surface area contributed by atoms with Crippen molar-refractivity contribution in [3.8, 4) is 0 Å². The van der Waals surface area contributed by atoms with Gasteiger partial charge in [0.2, 0.25) is 21.8 Å². The maximum Gasteiger partial charge on any atom is 0.244 e. The molecular formula is C29H34BrN3O4S. The first kappa shape index (κ1) is 29.4. The van der Waals surface area contributed by atoms with Crippen LogP contribution in [-0.4, -0.2) is 50.5 Å². The minimum atomic E-state index is -3.78. The lowest BCUT2D eigenvalue weighted by atomic mass is 10.0. The first-order valence-corrected chi connectivity index (χ1v) is 15.1. The summed E-state index contributed by atoms with van der Waals surface area (Å²) in [5, 5.41) is 2.93. The Hall–Kier alpha value is -3.17. The Balaban J connectivity index is 2.03. The van der Waals surface area contributed by atoms with Crippen LogP contribution in [0.2, 0.25) is 0 Å². The molecule has 0 radical (unpaired) electrons. The van der Waals surface area contributed by atoms with Gasteiger partial charge in [0.05, 0.1) is 11.9 Å². The minimum Gasteiger partial charge on any atom is -0.354 e. The Kier molecular flexibility index (Phi) is 10.5. The second-order valence-electron chi connectivity index (χ2n) is 9.25. The fourth-order valence-corrected chi connectivity index (χ4v) is 5.21. The van der Waals surface area contributed by atoms with Crippen molar-refractivity contribution in [3.05, 3.63) is 100 Å². The molecule has 2 amide bonds. The quantitative estimate of drug-likeness (QED) is 0.327. The predicted molar refractivity (Wildman–Crippen MR) is 155 cm³/mol. The van der Waals surface area contributed by atoms with Gasteiger partial charge in [-0.05, 0) is 54.3 Å². The molecule has 1 N–H and O–H groups in total. The number of halogens is 1. The van der Waals surface area contributed by atoms with Crippen LogP contribution in [0.5, 0.6) is 0 Å². The summed E-state index contributed by atoms with van der Waals surface area (Å²) in [6.07, 6.45) is 2.12. The summed E-state index contributed by atoms with van der Waals surface area (Å²) in [6.45, 7) is 4.02. The minimum absolute atomic E-state index is 0.147. The van der Waals surface area contributed by atoms with E-state index < -0.39 is 28.5 Å². The largest absolute Gasteiger partial charge is 0.354 e. The summed E-state index contributed by atoms with van der Waals surface area (Å²) in [7, 11) is -3.78. The zero-order valence-electron chi connectivity index (χ0n) is 21.9. The van der Waals surface area contributed by atoms with Crippen LogP contribution < -0.4 is 9.62 Å². The Labute approximate surface area is 234 Å². The van der Waals surface area contributed by atoms with E-state index in [1.807, 2.05) is 74.5 Å². The van der Waals surface area contributed by atoms with Crippen LogP contribution >= 0.6 is 15.9 Å². The third-order valence-electron chi connectivity index (χ3n) is 6.06. The monoisotopic (exact) mass is 599 g/mol. The normalized spacial score (nSPS) is 12.0. The SMILES string of the molecule is CCCNC(=O)[C@@H](Cc1ccccc1)N(Cc1ccc(Br)cc1)C(=O)CN(c1cccc(C)c1)S(C)(=O)=O. The van der Waals surface area contributed by atoms with Crippen LogP contribution in [0.25, 0.3) is 0 Å². The number of nitrogens with zero attached hydrogens (tertiary/aromatic N) is 2. The van der Waals surface area contributed by atoms with Crippen LogP contribution in [-0.2, 0) is 32.6 Å². The lowest BCUT2D eigenvalue weighted by Gasteiger charge is -2.33. The van der Waals surface area contributed by atoms with Gasteiger partial charge in [-0.3, -0.25) is 13.9 Å². The van der Waals surface area contributed by atoms with E-state index in [-0.39, 0.29) is 12.5 Å². The average molecular weight is 601 g/mol. The number of carbonyl (C=O) groups is 2. The molecule has 0 aliphatic heterocycles. The van der Waals surface area contributed by atoms with Gasteiger partial charge in [-0.15, -0.1) is 0 Å². The van der Waals surface area contributed by atoms with E-state index in [9.17, 15) is 18.0 Å². The lowest BCUT2D eigenvalue weighted by molar-refractivity contribution is -0.140. The molecule has 38 heavy (non-hydrogen) atoms. The van der Waals surface area contributed by atoms with Crippen LogP contribution in [0.1, 0.15) is 30.0 Å². The van der Waals surface area contributed by atoms with Crippen molar-refractivity contribution in [2.75, 3.05) is 23.7 Å². The average Bonchev–Trinajstić information content (AvgIpc) is 2.88. The fraction of sp³-hybridized carbons (Fsp3) is 0.310. The first-order valence-electron chi connectivity index (χ1n) is 12.5. The fourth-order valence-electron chi connectivity index (χ4n) is 4.10. The van der Waals surface area contributed by atoms with Crippen molar-refractivity contribution in [2.24, 2.45) is 0 Å². The number of amides is 2. The Morgan fingerprint density at radius 3 is 2.24 bits per heavy atom. The third kappa shape index (κ3) is 8.43. The number of hydrogen-bond donors (Lipinski definition) is 1. The van der Waals surface area contributed by atoms with Gasteiger partial charge in [0.25, 0.3) is 0 Å². The smallest absolute Gasteiger partial charge is 0.244 e. The van der Waals surface area contributed by atoms with Gasteiger partial charge in [-0.2, -0.15) is 0 Å². The van der Waals surface area contributed by atoms with E-state index in [0.29, 0.717) is 18.7 Å². The van der Waals surface area contributed by atoms with Gasteiger partial charge in [-0.1, -0.05) is 77.5 Å². The molecule has 3 aromatic rings. The number of rotatable bonds is 12. The van der Waals surface area contributed by atoms with E-state index in [4.69, 9.17) is 0 Å². The zero-order valence-corrected chi connectivity index (χ0v) is 24.3. The topological polar surface area (TPSA) is 86.8 Å². The number of carbonyl (C=O) groups excluding carboxylic acids is 2. The molecule has 0 aromatic heterocycles. The molecule has 3 aromatic carbocycles. The standard InChI is InChI=1S/C29H34BrN3O4S/c1-4-17-31-29(35)27(19-23-10-6-5-7-11-23)32(20-24-13-15-25(30)16-14-24)28(34)21-33(38(3,36)37)26-12-8-9-22(2)18-26/h5-16,18,27H,4,17,19-21H2,1-3H3,(H,31,35)/t27-/m1/s1. The predicted octanol–water partition coefficient (Wildman–Crippen LogP) is 4.69. The Morgan fingerprint density at radius 2 is 1.63 bits per heavy atom. The number of nitrogens with one attached hydrogen (secondary N) is 1. The summed E-state index contributed by atoms with van der Waals surface area (Å²) in [5.74, 6) is -0.741. The highest BCUT2D eigenvalue weighted by atomic mass is 79.9. The molecule has 202 valence electrons. The molecule has 7 nitrogen and oxygen atoms in total. The van der Waals surface area contributed by atoms with E-state index >= 15 is 0 Å². The van der Waals surface area contributed by atoms with Crippen LogP contribution in [0.3, 0.4) is 0 Å². The second-order valence-corrected chi connectivity index (χ2v) is 12.1. The molecule has 0 unspecified atom stereocenters. The highest BCUT2D eigenvalue weighted by molar-refractivity contribution is 9.10. The number of sulfonamides is 1. The van der Waals surface area contributed by atoms with E-state index in [2.05, 4.69) is 21.2 Å². The molecule has 3 rings (SSSR count). The van der Waals surface area contributed by atoms with Gasteiger partial charge in [0.15, 0.2) is 0 Å². The molecule has 0 saturated heterocycles. The number of anilines is 1. The van der Waals surface area contributed by atoms with Crippen LogP contribution in [0.4, 0.5) is 5.69 Å². The van der Waals surface area contributed by atoms with Crippen molar-refractivity contribution < 1.29 is 18.0 Å². The Bertz CT molecular complexity index is 1330. The number of benzene rings is 3. The van der Waals surface area contributed by atoms with Gasteiger partial charge in [-0.25, -0.2) is 8.42 Å². The van der Waals surface area contributed by atoms with Gasteiger partial charge in [0.1, 0.15) is 12.6 Å². The maximum absolute atomic E-state index is 14.0. The maximum atomic E-state index is 14.0. The van der Waals surface area contributed by atoms with Gasteiger partial charge < -0.3 is 10.2 Å². The molecule has 0 aliphatic carbocycles. The summed E-state index contributed by atoms with van der Waals surface area (Å²) in [4.78, 5) is 28.9. The van der Waals surface area contributed by atoms with Crippen LogP contribution in [0, 0.1) is 6.92 Å². The summed E-state index contributed by atoms with van der Waals surface area (Å²) in [6, 6.07) is 23.2. The van der Waals surface area contributed by atoms with Gasteiger partial charge in [0, 0.05) is 24.0 Å². The molecule has 9 heteroatoms.